The standard InChI is InChI=1S/C8H15N3O/c1-6-2-4-7(5-3-6)8(12)10-11-9/h6-7H,2-5H2,1H3,(H2,9,10,12)/t6-,7-. The number of nitrogens with two attached hydrogens (primary N) is 1. The van der Waals surface area contributed by atoms with Gasteiger partial charge in [0.25, 0.3) is 5.91 Å². The van der Waals surface area contributed by atoms with Gasteiger partial charge in [-0.15, -0.1) is 0 Å². The molecule has 0 unspecified atom stereocenters. The van der Waals surface area contributed by atoms with Crippen molar-refractivity contribution >= 4 is 5.91 Å². The Hall–Kier alpha value is -0.930. The van der Waals surface area contributed by atoms with Crippen LogP contribution in [0.5, 0.6) is 0 Å². The summed E-state index contributed by atoms with van der Waals surface area (Å²) >= 11 is 0. The Morgan fingerprint density at radius 2 is 1.92 bits per heavy atom. The minimum absolute atomic E-state index is 0.0773. The van der Waals surface area contributed by atoms with Crippen molar-refractivity contribution in [2.24, 2.45) is 28.0 Å². The third kappa shape index (κ3) is 2.29. The fraction of sp³-hybridized carbons (Fsp3) is 0.875. The Balaban J connectivity index is 2.39. The van der Waals surface area contributed by atoms with Gasteiger partial charge in [-0.2, -0.15) is 0 Å². The van der Waals surface area contributed by atoms with Crippen LogP contribution in [-0.4, -0.2) is 5.91 Å². The van der Waals surface area contributed by atoms with Crippen LogP contribution < -0.4 is 5.84 Å². The van der Waals surface area contributed by atoms with E-state index in [-0.39, 0.29) is 11.8 Å². The first-order chi connectivity index (χ1) is 5.74. The molecule has 0 spiro atoms. The third-order valence-electron chi connectivity index (χ3n) is 2.52. The normalized spacial score (nSPS) is 30.8. The lowest BCUT2D eigenvalue weighted by atomic mass is 9.83. The van der Waals surface area contributed by atoms with E-state index in [1.165, 1.54) is 0 Å². The van der Waals surface area contributed by atoms with Crippen LogP contribution in [0.1, 0.15) is 32.6 Å². The molecule has 0 aromatic heterocycles. The predicted octanol–water partition coefficient (Wildman–Crippen LogP) is 1.67. The summed E-state index contributed by atoms with van der Waals surface area (Å²) in [5.41, 5.74) is 0. The number of carbonyl (C=O) groups excluding carboxylic acids is 1. The summed E-state index contributed by atoms with van der Waals surface area (Å²) in [5.74, 6) is 5.48. The number of carbonyl (C=O) groups is 1. The highest BCUT2D eigenvalue weighted by molar-refractivity contribution is 5.78. The van der Waals surface area contributed by atoms with E-state index in [1.807, 2.05) is 0 Å². The van der Waals surface area contributed by atoms with Crippen molar-refractivity contribution in [2.75, 3.05) is 0 Å². The van der Waals surface area contributed by atoms with Crippen LogP contribution in [0.2, 0.25) is 0 Å². The number of amides is 1. The van der Waals surface area contributed by atoms with E-state index in [9.17, 15) is 4.79 Å². The average Bonchev–Trinajstić information content (AvgIpc) is 2.06. The van der Waals surface area contributed by atoms with E-state index in [2.05, 4.69) is 17.3 Å². The highest BCUT2D eigenvalue weighted by atomic mass is 16.2. The van der Waals surface area contributed by atoms with E-state index in [1.54, 1.807) is 0 Å². The van der Waals surface area contributed by atoms with Crippen LogP contribution in [0.25, 0.3) is 0 Å². The molecule has 0 saturated heterocycles. The van der Waals surface area contributed by atoms with Gasteiger partial charge in [0.15, 0.2) is 0 Å². The number of nitrogens with zero attached hydrogens (tertiary/aromatic N) is 2. The molecule has 1 rings (SSSR count). The summed E-state index contributed by atoms with van der Waals surface area (Å²) in [7, 11) is 0. The van der Waals surface area contributed by atoms with Crippen molar-refractivity contribution in [3.63, 3.8) is 0 Å². The smallest absolute Gasteiger partial charge is 0.269 e. The Morgan fingerprint density at radius 3 is 2.42 bits per heavy atom. The van der Waals surface area contributed by atoms with Gasteiger partial charge in [-0.3, -0.25) is 4.79 Å². The highest BCUT2D eigenvalue weighted by Crippen LogP contribution is 2.28. The maximum absolute atomic E-state index is 11.2. The molecule has 1 saturated carbocycles. The number of hydrogen-bond donors (Lipinski definition) is 1. The molecule has 0 radical (unpaired) electrons. The van der Waals surface area contributed by atoms with Crippen LogP contribution in [0.3, 0.4) is 0 Å². The van der Waals surface area contributed by atoms with Gasteiger partial charge in [-0.1, -0.05) is 17.3 Å². The summed E-state index contributed by atoms with van der Waals surface area (Å²) in [6, 6.07) is 0. The zero-order valence-corrected chi connectivity index (χ0v) is 7.36. The van der Waals surface area contributed by atoms with Crippen LogP contribution >= 0.6 is 0 Å². The molecule has 1 aliphatic rings. The molecule has 4 nitrogen and oxygen atoms in total. The Kier molecular flexibility index (Phi) is 3.19. The predicted molar refractivity (Wildman–Crippen MR) is 45.2 cm³/mol. The van der Waals surface area contributed by atoms with Crippen molar-refractivity contribution in [2.45, 2.75) is 32.6 Å². The van der Waals surface area contributed by atoms with E-state index in [0.717, 1.165) is 31.6 Å². The van der Waals surface area contributed by atoms with E-state index in [0.29, 0.717) is 0 Å². The van der Waals surface area contributed by atoms with Crippen molar-refractivity contribution in [1.82, 2.24) is 0 Å². The average molecular weight is 169 g/mol. The molecule has 1 amide bonds. The first-order valence-electron chi connectivity index (χ1n) is 4.38. The van der Waals surface area contributed by atoms with E-state index in [4.69, 9.17) is 5.84 Å². The molecular weight excluding hydrogens is 154 g/mol. The van der Waals surface area contributed by atoms with Crippen molar-refractivity contribution < 1.29 is 4.79 Å². The first kappa shape index (κ1) is 9.16. The number of rotatable bonds is 1. The van der Waals surface area contributed by atoms with Gasteiger partial charge in [-0.05, 0) is 31.6 Å². The Labute approximate surface area is 72.2 Å². The molecule has 2 N–H and O–H groups in total. The van der Waals surface area contributed by atoms with Gasteiger partial charge in [0.05, 0.1) is 0 Å². The van der Waals surface area contributed by atoms with Gasteiger partial charge in [-0.25, -0.2) is 0 Å². The Morgan fingerprint density at radius 1 is 1.33 bits per heavy atom. The third-order valence-corrected chi connectivity index (χ3v) is 2.52. The lowest BCUT2D eigenvalue weighted by molar-refractivity contribution is -0.123. The van der Waals surface area contributed by atoms with Gasteiger partial charge in [0.1, 0.15) is 0 Å². The zero-order chi connectivity index (χ0) is 8.97. The van der Waals surface area contributed by atoms with Crippen molar-refractivity contribution in [3.8, 4) is 0 Å². The minimum atomic E-state index is -0.149. The molecule has 0 bridgehead atoms. The van der Waals surface area contributed by atoms with Crippen molar-refractivity contribution in [1.29, 1.82) is 0 Å². The molecular formula is C8H15N3O. The second-order valence-corrected chi connectivity index (χ2v) is 3.51. The van der Waals surface area contributed by atoms with Gasteiger partial charge in [0.2, 0.25) is 0 Å². The monoisotopic (exact) mass is 169 g/mol. The topological polar surface area (TPSA) is 67.8 Å². The summed E-state index contributed by atoms with van der Waals surface area (Å²) in [4.78, 5) is 11.2. The Bertz CT molecular complexity index is 183. The second kappa shape index (κ2) is 4.18. The molecule has 0 aromatic rings. The molecule has 0 aromatic carbocycles. The molecule has 12 heavy (non-hydrogen) atoms. The summed E-state index contributed by atoms with van der Waals surface area (Å²) in [6.45, 7) is 2.21. The lowest BCUT2D eigenvalue weighted by Gasteiger charge is -2.22. The van der Waals surface area contributed by atoms with Gasteiger partial charge in [0, 0.05) is 5.92 Å². The summed E-state index contributed by atoms with van der Waals surface area (Å²) < 4.78 is 0. The van der Waals surface area contributed by atoms with Crippen LogP contribution in [-0.2, 0) is 4.79 Å². The molecule has 0 heterocycles. The summed E-state index contributed by atoms with van der Waals surface area (Å²) in [6.07, 6.45) is 4.13. The van der Waals surface area contributed by atoms with E-state index >= 15 is 0 Å². The minimum Gasteiger partial charge on any atom is -0.304 e. The zero-order valence-electron chi connectivity index (χ0n) is 7.36. The molecule has 4 heteroatoms. The first-order valence-corrected chi connectivity index (χ1v) is 4.38. The maximum atomic E-state index is 11.2. The highest BCUT2D eigenvalue weighted by Gasteiger charge is 2.23. The van der Waals surface area contributed by atoms with Gasteiger partial charge >= 0.3 is 0 Å². The molecule has 1 fully saturated rings. The molecule has 1 aliphatic carbocycles. The quantitative estimate of drug-likeness (QED) is 0.368. The van der Waals surface area contributed by atoms with E-state index < -0.39 is 0 Å². The molecule has 0 aliphatic heterocycles. The second-order valence-electron chi connectivity index (χ2n) is 3.51. The van der Waals surface area contributed by atoms with Crippen LogP contribution in [0, 0.1) is 11.8 Å². The fourth-order valence-electron chi connectivity index (χ4n) is 1.65. The maximum Gasteiger partial charge on any atom is 0.269 e. The molecule has 68 valence electrons. The molecule has 0 atom stereocenters. The largest absolute Gasteiger partial charge is 0.304 e. The summed E-state index contributed by atoms with van der Waals surface area (Å²) in [5, 5.41) is 6.34. The lowest BCUT2D eigenvalue weighted by Crippen LogP contribution is -2.19. The number of hydrogen-bond acceptors (Lipinski definition) is 2. The van der Waals surface area contributed by atoms with Crippen molar-refractivity contribution in [3.05, 3.63) is 0 Å². The van der Waals surface area contributed by atoms with Crippen LogP contribution in [0.4, 0.5) is 0 Å². The van der Waals surface area contributed by atoms with Gasteiger partial charge < -0.3 is 5.84 Å². The SMILES string of the molecule is C[C@H]1CC[C@H](C(=O)N=NN)CC1. The fourth-order valence-corrected chi connectivity index (χ4v) is 1.65. The van der Waals surface area contributed by atoms with Crippen LogP contribution in [0.15, 0.2) is 10.3 Å².